The maximum Gasteiger partial charge on any atom is 0.255 e. The molecule has 2 N–H and O–H groups in total. The van der Waals surface area contributed by atoms with E-state index in [9.17, 15) is 4.79 Å². The van der Waals surface area contributed by atoms with Gasteiger partial charge in [-0.15, -0.1) is 0 Å². The Kier molecular flexibility index (Phi) is 3.99. The molecular formula is C20H23N3O2. The molecule has 0 unspecified atom stereocenters. The van der Waals surface area contributed by atoms with Crippen molar-refractivity contribution >= 4 is 16.8 Å². The number of aromatic nitrogens is 2. The molecule has 5 nitrogen and oxygen atoms in total. The van der Waals surface area contributed by atoms with Crippen LogP contribution in [0.15, 0.2) is 36.7 Å². The lowest BCUT2D eigenvalue weighted by molar-refractivity contribution is 0.0713. The number of nitrogens with zero attached hydrogens (tertiary/aromatic N) is 1. The average Bonchev–Trinajstić information content (AvgIpc) is 3.26. The van der Waals surface area contributed by atoms with Gasteiger partial charge < -0.3 is 19.6 Å². The Morgan fingerprint density at radius 3 is 2.68 bits per heavy atom. The van der Waals surface area contributed by atoms with Gasteiger partial charge in [-0.05, 0) is 55.5 Å². The van der Waals surface area contributed by atoms with Gasteiger partial charge in [0.25, 0.3) is 5.91 Å². The van der Waals surface area contributed by atoms with Gasteiger partial charge in [0.15, 0.2) is 0 Å². The highest BCUT2D eigenvalue weighted by Crippen LogP contribution is 2.35. The molecule has 0 atom stereocenters. The molecule has 1 aliphatic heterocycles. The smallest absolute Gasteiger partial charge is 0.255 e. The summed E-state index contributed by atoms with van der Waals surface area (Å²) in [6.45, 7) is 3.54. The zero-order valence-corrected chi connectivity index (χ0v) is 14.6. The van der Waals surface area contributed by atoms with Gasteiger partial charge in [-0.1, -0.05) is 0 Å². The van der Waals surface area contributed by atoms with Gasteiger partial charge in [-0.2, -0.15) is 0 Å². The minimum atomic E-state index is 0.137. The van der Waals surface area contributed by atoms with E-state index in [1.54, 1.807) is 7.11 Å². The molecule has 0 radical (unpaired) electrons. The summed E-state index contributed by atoms with van der Waals surface area (Å²) in [5, 5.41) is 1.23. The Labute approximate surface area is 147 Å². The van der Waals surface area contributed by atoms with Crippen LogP contribution >= 0.6 is 0 Å². The number of aromatic amines is 2. The van der Waals surface area contributed by atoms with E-state index >= 15 is 0 Å². The minimum absolute atomic E-state index is 0.137. The molecule has 0 bridgehead atoms. The van der Waals surface area contributed by atoms with E-state index in [0.717, 1.165) is 48.5 Å². The Morgan fingerprint density at radius 1 is 1.20 bits per heavy atom. The number of fused-ring (bicyclic) bond motifs is 1. The molecule has 0 aliphatic carbocycles. The molecular weight excluding hydrogens is 314 g/mol. The van der Waals surface area contributed by atoms with E-state index in [1.165, 1.54) is 10.9 Å². The van der Waals surface area contributed by atoms with Crippen LogP contribution < -0.4 is 4.74 Å². The van der Waals surface area contributed by atoms with E-state index in [-0.39, 0.29) is 5.91 Å². The first-order chi connectivity index (χ1) is 12.2. The largest absolute Gasteiger partial charge is 0.497 e. The third-order valence-electron chi connectivity index (χ3n) is 5.33. The number of ether oxygens (including phenoxy) is 1. The Hall–Kier alpha value is -2.69. The molecule has 3 heterocycles. The number of carbonyl (C=O) groups excluding carboxylic acids is 1. The highest BCUT2D eigenvalue weighted by Gasteiger charge is 2.27. The van der Waals surface area contributed by atoms with Crippen LogP contribution in [0.1, 0.15) is 40.4 Å². The summed E-state index contributed by atoms with van der Waals surface area (Å²) >= 11 is 0. The monoisotopic (exact) mass is 337 g/mol. The third-order valence-corrected chi connectivity index (χ3v) is 5.33. The van der Waals surface area contributed by atoms with Crippen LogP contribution in [0.3, 0.4) is 0 Å². The quantitative estimate of drug-likeness (QED) is 0.763. The molecule has 130 valence electrons. The summed E-state index contributed by atoms with van der Waals surface area (Å²) in [7, 11) is 1.70. The van der Waals surface area contributed by atoms with E-state index in [2.05, 4.69) is 28.3 Å². The van der Waals surface area contributed by atoms with Crippen LogP contribution in [0.2, 0.25) is 0 Å². The maximum atomic E-state index is 12.7. The summed E-state index contributed by atoms with van der Waals surface area (Å²) in [6, 6.07) is 8.01. The number of H-pyrrole nitrogens is 2. The lowest BCUT2D eigenvalue weighted by atomic mass is 9.89. The summed E-state index contributed by atoms with van der Waals surface area (Å²) in [5.41, 5.74) is 4.20. The summed E-state index contributed by atoms with van der Waals surface area (Å²) in [6.07, 6.45) is 5.91. The highest BCUT2D eigenvalue weighted by molar-refractivity contribution is 5.95. The number of methoxy groups -OCH3 is 1. The van der Waals surface area contributed by atoms with Gasteiger partial charge in [0.05, 0.1) is 12.7 Å². The van der Waals surface area contributed by atoms with Gasteiger partial charge >= 0.3 is 0 Å². The Morgan fingerprint density at radius 2 is 2.00 bits per heavy atom. The van der Waals surface area contributed by atoms with E-state index in [0.29, 0.717) is 5.92 Å². The normalized spacial score (nSPS) is 15.7. The minimum Gasteiger partial charge on any atom is -0.497 e. The number of carbonyl (C=O) groups is 1. The summed E-state index contributed by atoms with van der Waals surface area (Å²) in [4.78, 5) is 21.1. The fourth-order valence-electron chi connectivity index (χ4n) is 3.83. The highest BCUT2D eigenvalue weighted by atomic mass is 16.5. The van der Waals surface area contributed by atoms with Crippen molar-refractivity contribution in [3.63, 3.8) is 0 Å². The topological polar surface area (TPSA) is 61.1 Å². The van der Waals surface area contributed by atoms with E-state index < -0.39 is 0 Å². The van der Waals surface area contributed by atoms with Gasteiger partial charge in [-0.3, -0.25) is 4.79 Å². The van der Waals surface area contributed by atoms with Crippen LogP contribution in [-0.4, -0.2) is 41.0 Å². The molecule has 3 aromatic rings. The van der Waals surface area contributed by atoms with Crippen molar-refractivity contribution in [3.05, 3.63) is 53.5 Å². The fourth-order valence-corrected chi connectivity index (χ4v) is 3.83. The van der Waals surface area contributed by atoms with Crippen molar-refractivity contribution in [2.45, 2.75) is 25.7 Å². The van der Waals surface area contributed by atoms with Crippen LogP contribution in [0.5, 0.6) is 5.75 Å². The van der Waals surface area contributed by atoms with Crippen molar-refractivity contribution in [1.29, 1.82) is 0 Å². The van der Waals surface area contributed by atoms with Crippen molar-refractivity contribution < 1.29 is 9.53 Å². The molecule has 1 fully saturated rings. The average molecular weight is 337 g/mol. The van der Waals surface area contributed by atoms with Crippen LogP contribution in [-0.2, 0) is 0 Å². The Bertz CT molecular complexity index is 901. The molecule has 25 heavy (non-hydrogen) atoms. The van der Waals surface area contributed by atoms with E-state index in [4.69, 9.17) is 4.74 Å². The Balaban J connectivity index is 1.50. The number of hydrogen-bond donors (Lipinski definition) is 2. The van der Waals surface area contributed by atoms with Gasteiger partial charge in [0, 0.05) is 42.1 Å². The number of amides is 1. The number of aryl methyl sites for hydroxylation is 1. The molecule has 1 saturated heterocycles. The van der Waals surface area contributed by atoms with Gasteiger partial charge in [0.2, 0.25) is 0 Å². The summed E-state index contributed by atoms with van der Waals surface area (Å²) < 4.78 is 5.37. The second-order valence-electron chi connectivity index (χ2n) is 6.74. The SMILES string of the molecule is COc1ccc2[nH]cc(C3CCN(C(=O)c4cc[nH]c4C)CC3)c2c1. The predicted octanol–water partition coefficient (Wildman–Crippen LogP) is 3.83. The number of nitrogens with one attached hydrogen (secondary N) is 2. The molecule has 5 heteroatoms. The number of piperidine rings is 1. The van der Waals surface area contributed by atoms with Crippen molar-refractivity contribution in [3.8, 4) is 5.75 Å². The fraction of sp³-hybridized carbons (Fsp3) is 0.350. The summed E-state index contributed by atoms with van der Waals surface area (Å²) in [5.74, 6) is 1.49. The molecule has 1 amide bonds. The third kappa shape index (κ3) is 2.80. The maximum absolute atomic E-state index is 12.7. The second-order valence-corrected chi connectivity index (χ2v) is 6.74. The molecule has 4 rings (SSSR count). The van der Waals surface area contributed by atoms with Crippen LogP contribution in [0, 0.1) is 6.92 Å². The number of hydrogen-bond acceptors (Lipinski definition) is 2. The molecule has 0 spiro atoms. The molecule has 1 aromatic carbocycles. The first-order valence-electron chi connectivity index (χ1n) is 8.75. The van der Waals surface area contributed by atoms with Gasteiger partial charge in [0.1, 0.15) is 5.75 Å². The molecule has 0 saturated carbocycles. The predicted molar refractivity (Wildman–Crippen MR) is 98.3 cm³/mol. The zero-order valence-electron chi connectivity index (χ0n) is 14.6. The first-order valence-corrected chi connectivity index (χ1v) is 8.75. The van der Waals surface area contributed by atoms with Crippen molar-refractivity contribution in [1.82, 2.24) is 14.9 Å². The van der Waals surface area contributed by atoms with Crippen molar-refractivity contribution in [2.75, 3.05) is 20.2 Å². The van der Waals surface area contributed by atoms with Crippen LogP contribution in [0.4, 0.5) is 0 Å². The van der Waals surface area contributed by atoms with E-state index in [1.807, 2.05) is 30.2 Å². The number of rotatable bonds is 3. The first kappa shape index (κ1) is 15.8. The van der Waals surface area contributed by atoms with Crippen LogP contribution in [0.25, 0.3) is 10.9 Å². The van der Waals surface area contributed by atoms with Gasteiger partial charge in [-0.25, -0.2) is 0 Å². The zero-order chi connectivity index (χ0) is 17.4. The van der Waals surface area contributed by atoms with Crippen molar-refractivity contribution in [2.24, 2.45) is 0 Å². The number of benzene rings is 1. The number of likely N-dealkylation sites (tertiary alicyclic amines) is 1. The second kappa shape index (κ2) is 6.31. The lowest BCUT2D eigenvalue weighted by Crippen LogP contribution is -2.38. The molecule has 1 aliphatic rings. The lowest BCUT2D eigenvalue weighted by Gasteiger charge is -2.32. The standard InChI is InChI=1S/C20H23N3O2/c1-13-16(5-8-21-13)20(24)23-9-6-14(7-10-23)18-12-22-19-4-3-15(25-2)11-17(18)19/h3-5,8,11-12,14,21-22H,6-7,9-10H2,1-2H3. The molecule has 2 aromatic heterocycles.